The van der Waals surface area contributed by atoms with Gasteiger partial charge in [-0.2, -0.15) is 0 Å². The monoisotopic (exact) mass is 306 g/mol. The van der Waals surface area contributed by atoms with Crippen LogP contribution < -0.4 is 10.6 Å². The van der Waals surface area contributed by atoms with Crippen molar-refractivity contribution < 1.29 is 23.9 Å². The zero-order chi connectivity index (χ0) is 15.8. The predicted molar refractivity (Wildman–Crippen MR) is 76.9 cm³/mol. The Hall–Kier alpha value is -2.57. The Morgan fingerprint density at radius 2 is 2.00 bits per heavy atom. The minimum atomic E-state index is -0.697. The van der Waals surface area contributed by atoms with Crippen molar-refractivity contribution in [3.05, 3.63) is 35.9 Å². The number of cyclic esters (lactones) is 2. The van der Waals surface area contributed by atoms with Crippen molar-refractivity contribution in [2.24, 2.45) is 0 Å². The quantitative estimate of drug-likeness (QED) is 0.454. The normalized spacial score (nSPS) is 16.8. The molecule has 1 aliphatic rings. The number of alkyl carbamates (subject to hydrolysis) is 2. The van der Waals surface area contributed by atoms with Crippen LogP contribution >= 0.6 is 0 Å². The molecule has 22 heavy (non-hydrogen) atoms. The summed E-state index contributed by atoms with van der Waals surface area (Å²) in [5.74, 6) is -0.541. The van der Waals surface area contributed by atoms with Gasteiger partial charge in [-0.25, -0.2) is 14.4 Å². The highest BCUT2D eigenvalue weighted by molar-refractivity contribution is 5.95. The highest BCUT2D eigenvalue weighted by Gasteiger charge is 2.31. The Balaban J connectivity index is 1.52. The fourth-order valence-corrected chi connectivity index (χ4v) is 2.02. The topological polar surface area (TPSA) is 93.7 Å². The summed E-state index contributed by atoms with van der Waals surface area (Å²) in [6.45, 7) is 0.677. The number of hydrogen-bond donors (Lipinski definition) is 2. The number of carbonyl (C=O) groups is 3. The molecule has 1 aliphatic heterocycles. The second kappa shape index (κ2) is 8.02. The second-order valence-corrected chi connectivity index (χ2v) is 4.89. The first-order valence-corrected chi connectivity index (χ1v) is 7.12. The van der Waals surface area contributed by atoms with Crippen LogP contribution in [0.3, 0.4) is 0 Å². The number of benzene rings is 1. The van der Waals surface area contributed by atoms with Gasteiger partial charge < -0.3 is 20.1 Å². The summed E-state index contributed by atoms with van der Waals surface area (Å²) in [5.41, 5.74) is 0.924. The van der Waals surface area contributed by atoms with Crippen LogP contribution in [-0.4, -0.2) is 30.7 Å². The largest absolute Gasteiger partial charge is 0.445 e. The van der Waals surface area contributed by atoms with Crippen LogP contribution in [0.15, 0.2) is 30.3 Å². The fourth-order valence-electron chi connectivity index (χ4n) is 2.02. The zero-order valence-corrected chi connectivity index (χ0v) is 12.0. The lowest BCUT2D eigenvalue weighted by molar-refractivity contribution is -0.135. The predicted octanol–water partition coefficient (Wildman–Crippen LogP) is 1.72. The molecule has 0 unspecified atom stereocenters. The third-order valence-electron chi connectivity index (χ3n) is 3.17. The zero-order valence-electron chi connectivity index (χ0n) is 12.0. The van der Waals surface area contributed by atoms with E-state index in [1.807, 2.05) is 30.3 Å². The van der Waals surface area contributed by atoms with E-state index in [0.717, 1.165) is 5.56 Å². The molecular formula is C15H18N2O5. The first-order chi connectivity index (χ1) is 10.6. The molecule has 118 valence electrons. The van der Waals surface area contributed by atoms with Crippen LogP contribution in [0.25, 0.3) is 0 Å². The van der Waals surface area contributed by atoms with Crippen molar-refractivity contribution >= 4 is 18.2 Å². The van der Waals surface area contributed by atoms with Gasteiger partial charge in [0.25, 0.3) is 0 Å². The fraction of sp³-hybridized carbons (Fsp3) is 0.400. The van der Waals surface area contributed by atoms with Gasteiger partial charge in [0.05, 0.1) is 0 Å². The molecule has 1 atom stereocenters. The number of nitrogens with one attached hydrogen (secondary N) is 2. The van der Waals surface area contributed by atoms with Crippen LogP contribution in [0.1, 0.15) is 24.8 Å². The summed E-state index contributed by atoms with van der Waals surface area (Å²) in [7, 11) is 0. The minimum absolute atomic E-state index is 0.229. The van der Waals surface area contributed by atoms with Gasteiger partial charge in [-0.15, -0.1) is 0 Å². The summed E-state index contributed by atoms with van der Waals surface area (Å²) in [6.07, 6.45) is 0.680. The maximum absolute atomic E-state index is 11.5. The van der Waals surface area contributed by atoms with E-state index in [1.54, 1.807) is 0 Å². The van der Waals surface area contributed by atoms with Gasteiger partial charge in [0.15, 0.2) is 0 Å². The van der Waals surface area contributed by atoms with E-state index in [0.29, 0.717) is 25.8 Å². The third kappa shape index (κ3) is 5.08. The molecule has 0 saturated carbocycles. The van der Waals surface area contributed by atoms with Gasteiger partial charge in [0.2, 0.25) is 0 Å². The van der Waals surface area contributed by atoms with Crippen molar-refractivity contribution in [3.8, 4) is 0 Å². The number of rotatable bonds is 7. The van der Waals surface area contributed by atoms with Crippen molar-refractivity contribution in [3.63, 3.8) is 0 Å². The molecule has 0 radical (unpaired) electrons. The van der Waals surface area contributed by atoms with Gasteiger partial charge in [0, 0.05) is 6.54 Å². The number of amides is 2. The van der Waals surface area contributed by atoms with Crippen LogP contribution in [0.4, 0.5) is 9.59 Å². The SMILES string of the molecule is O=C(NCCCC[C@@H]1NC(=O)OC1=O)OCc1ccccc1. The molecule has 7 heteroatoms. The van der Waals surface area contributed by atoms with E-state index < -0.39 is 24.2 Å². The van der Waals surface area contributed by atoms with Crippen molar-refractivity contribution in [1.29, 1.82) is 0 Å². The Kier molecular flexibility index (Phi) is 5.76. The Labute approximate surface area is 128 Å². The van der Waals surface area contributed by atoms with E-state index in [2.05, 4.69) is 15.4 Å². The first-order valence-electron chi connectivity index (χ1n) is 7.12. The standard InChI is InChI=1S/C15H18N2O5/c18-13-12(17-15(20)22-13)8-4-5-9-16-14(19)21-10-11-6-2-1-3-7-11/h1-3,6-7,12H,4-5,8-10H2,(H,16,19)(H,17,20)/t12-/m0/s1. The Morgan fingerprint density at radius 3 is 2.68 bits per heavy atom. The second-order valence-electron chi connectivity index (χ2n) is 4.89. The number of carbonyl (C=O) groups excluding carboxylic acids is 3. The van der Waals surface area contributed by atoms with Crippen molar-refractivity contribution in [2.45, 2.75) is 31.9 Å². The maximum Gasteiger partial charge on any atom is 0.415 e. The Bertz CT molecular complexity index is 532. The minimum Gasteiger partial charge on any atom is -0.445 e. The van der Waals surface area contributed by atoms with Crippen LogP contribution in [0, 0.1) is 0 Å². The smallest absolute Gasteiger partial charge is 0.415 e. The molecule has 1 aromatic carbocycles. The summed E-state index contributed by atoms with van der Waals surface area (Å²) < 4.78 is 9.42. The first kappa shape index (κ1) is 15.8. The summed E-state index contributed by atoms with van der Waals surface area (Å²) in [5, 5.41) is 5.05. The average molecular weight is 306 g/mol. The van der Waals surface area contributed by atoms with Crippen LogP contribution in [-0.2, 0) is 20.9 Å². The lowest BCUT2D eigenvalue weighted by Gasteiger charge is -2.08. The number of unbranched alkanes of at least 4 members (excludes halogenated alkanes) is 1. The molecule has 1 heterocycles. The van der Waals surface area contributed by atoms with Gasteiger partial charge in [-0.1, -0.05) is 30.3 Å². The molecule has 1 aromatic rings. The summed E-state index contributed by atoms with van der Waals surface area (Å²) in [6, 6.07) is 8.83. The molecule has 0 spiro atoms. The van der Waals surface area contributed by atoms with Crippen LogP contribution in [0.5, 0.6) is 0 Å². The molecule has 0 aromatic heterocycles. The highest BCUT2D eigenvalue weighted by Crippen LogP contribution is 2.08. The molecule has 1 fully saturated rings. The van der Waals surface area contributed by atoms with Crippen molar-refractivity contribution in [2.75, 3.05) is 6.54 Å². The number of hydrogen-bond acceptors (Lipinski definition) is 5. The van der Waals surface area contributed by atoms with E-state index in [1.165, 1.54) is 0 Å². The third-order valence-corrected chi connectivity index (χ3v) is 3.17. The number of ether oxygens (including phenoxy) is 2. The summed E-state index contributed by atoms with van der Waals surface area (Å²) >= 11 is 0. The van der Waals surface area contributed by atoms with Crippen molar-refractivity contribution in [1.82, 2.24) is 10.6 Å². The van der Waals surface area contributed by atoms with Gasteiger partial charge in [0.1, 0.15) is 12.6 Å². The molecule has 2 rings (SSSR count). The molecule has 0 bridgehead atoms. The number of esters is 1. The average Bonchev–Trinajstić information content (AvgIpc) is 2.84. The lowest BCUT2D eigenvalue weighted by atomic mass is 10.1. The molecular weight excluding hydrogens is 288 g/mol. The van der Waals surface area contributed by atoms with E-state index in [9.17, 15) is 14.4 Å². The van der Waals surface area contributed by atoms with Gasteiger partial charge in [-0.05, 0) is 24.8 Å². The van der Waals surface area contributed by atoms with Crippen LogP contribution in [0.2, 0.25) is 0 Å². The molecule has 7 nitrogen and oxygen atoms in total. The highest BCUT2D eigenvalue weighted by atomic mass is 16.6. The van der Waals surface area contributed by atoms with Gasteiger partial charge >= 0.3 is 18.2 Å². The molecule has 2 N–H and O–H groups in total. The lowest BCUT2D eigenvalue weighted by Crippen LogP contribution is -2.29. The maximum atomic E-state index is 11.5. The van der Waals surface area contributed by atoms with E-state index in [4.69, 9.17) is 4.74 Å². The van der Waals surface area contributed by atoms with E-state index in [-0.39, 0.29) is 6.61 Å². The molecule has 2 amide bonds. The van der Waals surface area contributed by atoms with Gasteiger partial charge in [-0.3, -0.25) is 0 Å². The Morgan fingerprint density at radius 1 is 1.23 bits per heavy atom. The molecule has 0 aliphatic carbocycles. The van der Waals surface area contributed by atoms with E-state index >= 15 is 0 Å². The summed E-state index contributed by atoms with van der Waals surface area (Å²) in [4.78, 5) is 33.5. The molecule has 1 saturated heterocycles.